The summed E-state index contributed by atoms with van der Waals surface area (Å²) in [6, 6.07) is 5.21. The molecule has 3 rings (SSSR count). The summed E-state index contributed by atoms with van der Waals surface area (Å²) >= 11 is 3.45. The largest absolute Gasteiger partial charge is 0.329 e. The summed E-state index contributed by atoms with van der Waals surface area (Å²) in [5, 5.41) is 0. The smallest absolute Gasteiger partial charge is 0.250 e. The molecule has 112 valence electrons. The number of aryl methyl sites for hydroxylation is 1. The van der Waals surface area contributed by atoms with E-state index in [1.165, 1.54) is 0 Å². The van der Waals surface area contributed by atoms with E-state index in [2.05, 4.69) is 15.9 Å². The van der Waals surface area contributed by atoms with Gasteiger partial charge < -0.3 is 4.90 Å². The summed E-state index contributed by atoms with van der Waals surface area (Å²) < 4.78 is 0.982. The number of rotatable bonds is 2. The Hall–Kier alpha value is -1.36. The zero-order valence-electron chi connectivity index (χ0n) is 12.3. The standard InChI is InChI=1S/C16H19BrN2O2/c1-3-12-15(20)18-8-4-5-14(18)16(21)19(12)13-7-6-11(17)9-10(13)2/h6-7,9,12,14H,3-5,8H2,1-2H3. The minimum Gasteiger partial charge on any atom is -0.329 e. The lowest BCUT2D eigenvalue weighted by Gasteiger charge is -2.42. The van der Waals surface area contributed by atoms with E-state index in [1.54, 1.807) is 9.80 Å². The molecule has 4 nitrogen and oxygen atoms in total. The van der Waals surface area contributed by atoms with Crippen LogP contribution >= 0.6 is 15.9 Å². The van der Waals surface area contributed by atoms with Crippen LogP contribution in [0.25, 0.3) is 0 Å². The minimum atomic E-state index is -0.369. The van der Waals surface area contributed by atoms with Gasteiger partial charge in [0.25, 0.3) is 5.91 Å². The van der Waals surface area contributed by atoms with E-state index in [-0.39, 0.29) is 23.9 Å². The fourth-order valence-electron chi connectivity index (χ4n) is 3.44. The first-order valence-electron chi connectivity index (χ1n) is 7.44. The molecule has 2 aliphatic rings. The van der Waals surface area contributed by atoms with Crippen LogP contribution in [-0.2, 0) is 9.59 Å². The monoisotopic (exact) mass is 350 g/mol. The van der Waals surface area contributed by atoms with Crippen molar-refractivity contribution >= 4 is 33.4 Å². The number of fused-ring (bicyclic) bond motifs is 1. The molecule has 0 radical (unpaired) electrons. The van der Waals surface area contributed by atoms with E-state index in [4.69, 9.17) is 0 Å². The zero-order chi connectivity index (χ0) is 15.1. The lowest BCUT2D eigenvalue weighted by molar-refractivity contribution is -0.144. The highest BCUT2D eigenvalue weighted by atomic mass is 79.9. The quantitative estimate of drug-likeness (QED) is 0.822. The van der Waals surface area contributed by atoms with E-state index < -0.39 is 0 Å². The Morgan fingerprint density at radius 2 is 2.05 bits per heavy atom. The maximum absolute atomic E-state index is 12.9. The average Bonchev–Trinajstić information content (AvgIpc) is 2.93. The van der Waals surface area contributed by atoms with Gasteiger partial charge in [0.15, 0.2) is 0 Å². The second kappa shape index (κ2) is 5.44. The second-order valence-corrected chi connectivity index (χ2v) is 6.67. The number of nitrogens with zero attached hydrogens (tertiary/aromatic N) is 2. The van der Waals surface area contributed by atoms with Gasteiger partial charge in [0.1, 0.15) is 12.1 Å². The fraction of sp³-hybridized carbons (Fsp3) is 0.500. The highest BCUT2D eigenvalue weighted by Crippen LogP contribution is 2.34. The van der Waals surface area contributed by atoms with Crippen LogP contribution in [-0.4, -0.2) is 35.3 Å². The van der Waals surface area contributed by atoms with Gasteiger partial charge in [-0.3, -0.25) is 14.5 Å². The van der Waals surface area contributed by atoms with Gasteiger partial charge in [-0.15, -0.1) is 0 Å². The molecule has 21 heavy (non-hydrogen) atoms. The van der Waals surface area contributed by atoms with Crippen LogP contribution in [0.4, 0.5) is 5.69 Å². The molecule has 1 aromatic rings. The molecular formula is C16H19BrN2O2. The van der Waals surface area contributed by atoms with Crippen molar-refractivity contribution < 1.29 is 9.59 Å². The van der Waals surface area contributed by atoms with Crippen molar-refractivity contribution in [1.29, 1.82) is 0 Å². The second-order valence-electron chi connectivity index (χ2n) is 5.75. The van der Waals surface area contributed by atoms with Gasteiger partial charge >= 0.3 is 0 Å². The lowest BCUT2D eigenvalue weighted by atomic mass is 10.0. The van der Waals surface area contributed by atoms with Gasteiger partial charge in [-0.25, -0.2) is 0 Å². The van der Waals surface area contributed by atoms with Gasteiger partial charge in [-0.1, -0.05) is 22.9 Å². The molecule has 0 saturated carbocycles. The minimum absolute atomic E-state index is 0.0735. The first kappa shape index (κ1) is 14.6. The molecule has 0 aromatic heterocycles. The van der Waals surface area contributed by atoms with Crippen molar-refractivity contribution in [3.8, 4) is 0 Å². The predicted octanol–water partition coefficient (Wildman–Crippen LogP) is 2.87. The van der Waals surface area contributed by atoms with Gasteiger partial charge in [0.05, 0.1) is 0 Å². The molecule has 2 aliphatic heterocycles. The van der Waals surface area contributed by atoms with E-state index >= 15 is 0 Å². The predicted molar refractivity (Wildman–Crippen MR) is 85.2 cm³/mol. The fourth-order valence-corrected chi connectivity index (χ4v) is 3.91. The van der Waals surface area contributed by atoms with Crippen LogP contribution in [0.5, 0.6) is 0 Å². The summed E-state index contributed by atoms with van der Waals surface area (Å²) in [6.45, 7) is 4.66. The van der Waals surface area contributed by atoms with Crippen LogP contribution in [0.2, 0.25) is 0 Å². The molecule has 2 unspecified atom stereocenters. The maximum atomic E-state index is 12.9. The molecule has 5 heteroatoms. The molecule has 2 amide bonds. The number of hydrogen-bond donors (Lipinski definition) is 0. The third kappa shape index (κ3) is 2.27. The third-order valence-electron chi connectivity index (χ3n) is 4.46. The average molecular weight is 351 g/mol. The van der Waals surface area contributed by atoms with Gasteiger partial charge in [-0.05, 0) is 49.9 Å². The number of hydrogen-bond acceptors (Lipinski definition) is 2. The molecule has 0 spiro atoms. The Morgan fingerprint density at radius 1 is 1.29 bits per heavy atom. The Balaban J connectivity index is 2.05. The van der Waals surface area contributed by atoms with Crippen LogP contribution < -0.4 is 4.90 Å². The number of carbonyl (C=O) groups is 2. The van der Waals surface area contributed by atoms with Gasteiger partial charge in [-0.2, -0.15) is 0 Å². The van der Waals surface area contributed by atoms with E-state index in [0.29, 0.717) is 6.42 Å². The maximum Gasteiger partial charge on any atom is 0.250 e. The number of benzene rings is 1. The zero-order valence-corrected chi connectivity index (χ0v) is 13.9. The topological polar surface area (TPSA) is 40.6 Å². The SMILES string of the molecule is CCC1C(=O)N2CCCC2C(=O)N1c1ccc(Br)cc1C. The highest BCUT2D eigenvalue weighted by Gasteiger charge is 2.47. The molecule has 2 atom stereocenters. The molecule has 2 saturated heterocycles. The van der Waals surface area contributed by atoms with Crippen molar-refractivity contribution in [3.63, 3.8) is 0 Å². The summed E-state index contributed by atoms with van der Waals surface area (Å²) in [5.41, 5.74) is 1.87. The van der Waals surface area contributed by atoms with E-state index in [0.717, 1.165) is 35.1 Å². The summed E-state index contributed by atoms with van der Waals surface area (Å²) in [5.74, 6) is 0.172. The Labute approximate surface area is 133 Å². The van der Waals surface area contributed by atoms with Crippen LogP contribution in [0.1, 0.15) is 31.7 Å². The molecule has 0 aliphatic carbocycles. The Kier molecular flexibility index (Phi) is 3.78. The van der Waals surface area contributed by atoms with Crippen molar-refractivity contribution in [2.45, 2.75) is 45.2 Å². The van der Waals surface area contributed by atoms with Crippen molar-refractivity contribution in [2.75, 3.05) is 11.4 Å². The number of anilines is 1. The van der Waals surface area contributed by atoms with Crippen molar-refractivity contribution in [1.82, 2.24) is 4.90 Å². The molecular weight excluding hydrogens is 332 g/mol. The molecule has 1 aromatic carbocycles. The third-order valence-corrected chi connectivity index (χ3v) is 4.95. The van der Waals surface area contributed by atoms with Crippen LogP contribution in [0.3, 0.4) is 0 Å². The summed E-state index contributed by atoms with van der Waals surface area (Å²) in [4.78, 5) is 29.1. The number of piperazine rings is 1. The lowest BCUT2D eigenvalue weighted by Crippen LogP contribution is -2.63. The molecule has 2 fully saturated rings. The summed E-state index contributed by atoms with van der Waals surface area (Å²) in [6.07, 6.45) is 2.35. The normalized spacial score (nSPS) is 25.5. The van der Waals surface area contributed by atoms with Gasteiger partial charge in [0, 0.05) is 16.7 Å². The number of amides is 2. The Bertz CT molecular complexity index is 602. The Morgan fingerprint density at radius 3 is 2.71 bits per heavy atom. The van der Waals surface area contributed by atoms with Crippen molar-refractivity contribution in [3.05, 3.63) is 28.2 Å². The summed E-state index contributed by atoms with van der Waals surface area (Å²) in [7, 11) is 0. The molecule has 0 bridgehead atoms. The number of carbonyl (C=O) groups excluding carboxylic acids is 2. The first-order valence-corrected chi connectivity index (χ1v) is 8.23. The number of halogens is 1. The van der Waals surface area contributed by atoms with E-state index in [1.807, 2.05) is 32.0 Å². The van der Waals surface area contributed by atoms with Gasteiger partial charge in [0.2, 0.25) is 5.91 Å². The molecule has 2 heterocycles. The van der Waals surface area contributed by atoms with Crippen LogP contribution in [0, 0.1) is 6.92 Å². The van der Waals surface area contributed by atoms with Crippen LogP contribution in [0.15, 0.2) is 22.7 Å². The highest BCUT2D eigenvalue weighted by molar-refractivity contribution is 9.10. The first-order chi connectivity index (χ1) is 10.0. The molecule has 0 N–H and O–H groups in total. The van der Waals surface area contributed by atoms with Crippen molar-refractivity contribution in [2.24, 2.45) is 0 Å². The van der Waals surface area contributed by atoms with E-state index in [9.17, 15) is 9.59 Å².